The number of aliphatic hydroxyl groups is 1. The number of carbonyl (C=O) groups excluding carboxylic acids is 1. The lowest BCUT2D eigenvalue weighted by Gasteiger charge is -2.18. The molecule has 0 aromatic rings. The van der Waals surface area contributed by atoms with Gasteiger partial charge >= 0.3 is 5.97 Å². The Balaban J connectivity index is 2.73. The van der Waals surface area contributed by atoms with Crippen LogP contribution in [0, 0.1) is 17.8 Å². The molecule has 1 rings (SSSR count). The molecule has 0 unspecified atom stereocenters. The standard InChI is InChI=1S/C10H17NO4/c1-6(2)7-3-11(9(13)5-12)4-8(7)10(14)15/h6-8,12H,3-5H2,1-2H3,(H,14,15)/t7-,8+/m0/s1. The van der Waals surface area contributed by atoms with Crippen LogP contribution in [-0.2, 0) is 9.59 Å². The summed E-state index contributed by atoms with van der Waals surface area (Å²) in [5.74, 6) is -1.53. The van der Waals surface area contributed by atoms with Crippen molar-refractivity contribution in [3.63, 3.8) is 0 Å². The molecule has 0 radical (unpaired) electrons. The summed E-state index contributed by atoms with van der Waals surface area (Å²) >= 11 is 0. The van der Waals surface area contributed by atoms with E-state index in [1.54, 1.807) is 0 Å². The normalized spacial score (nSPS) is 26.0. The second-order valence-corrected chi connectivity index (χ2v) is 4.31. The third kappa shape index (κ3) is 2.47. The minimum Gasteiger partial charge on any atom is -0.481 e. The second-order valence-electron chi connectivity index (χ2n) is 4.31. The molecule has 1 heterocycles. The van der Waals surface area contributed by atoms with Gasteiger partial charge in [-0.25, -0.2) is 0 Å². The molecule has 1 amide bonds. The lowest BCUT2D eigenvalue weighted by molar-refractivity contribution is -0.143. The summed E-state index contributed by atoms with van der Waals surface area (Å²) in [6, 6.07) is 0. The van der Waals surface area contributed by atoms with Crippen molar-refractivity contribution in [3.8, 4) is 0 Å². The van der Waals surface area contributed by atoms with E-state index in [1.807, 2.05) is 13.8 Å². The summed E-state index contributed by atoms with van der Waals surface area (Å²) in [4.78, 5) is 23.6. The maximum Gasteiger partial charge on any atom is 0.308 e. The number of carboxylic acids is 1. The van der Waals surface area contributed by atoms with Crippen molar-refractivity contribution in [2.75, 3.05) is 19.7 Å². The number of aliphatic hydroxyl groups excluding tert-OH is 1. The van der Waals surface area contributed by atoms with E-state index in [0.29, 0.717) is 6.54 Å². The Hall–Kier alpha value is -1.10. The lowest BCUT2D eigenvalue weighted by Crippen LogP contribution is -2.32. The van der Waals surface area contributed by atoms with Crippen molar-refractivity contribution in [2.45, 2.75) is 13.8 Å². The maximum absolute atomic E-state index is 11.2. The molecule has 86 valence electrons. The van der Waals surface area contributed by atoms with Gasteiger partial charge in [-0.1, -0.05) is 13.8 Å². The fourth-order valence-electron chi connectivity index (χ4n) is 2.07. The molecule has 15 heavy (non-hydrogen) atoms. The van der Waals surface area contributed by atoms with Gasteiger partial charge in [0.1, 0.15) is 6.61 Å². The first-order chi connectivity index (χ1) is 6.97. The van der Waals surface area contributed by atoms with Crippen LogP contribution in [0.25, 0.3) is 0 Å². The molecule has 0 aromatic carbocycles. The molecule has 0 saturated carbocycles. The average molecular weight is 215 g/mol. The zero-order valence-corrected chi connectivity index (χ0v) is 9.01. The Labute approximate surface area is 88.7 Å². The molecule has 5 nitrogen and oxygen atoms in total. The van der Waals surface area contributed by atoms with E-state index in [4.69, 9.17) is 10.2 Å². The molecule has 1 saturated heterocycles. The van der Waals surface area contributed by atoms with Crippen molar-refractivity contribution in [1.29, 1.82) is 0 Å². The van der Waals surface area contributed by atoms with Crippen LogP contribution >= 0.6 is 0 Å². The van der Waals surface area contributed by atoms with E-state index in [0.717, 1.165) is 0 Å². The van der Waals surface area contributed by atoms with Crippen LogP contribution in [-0.4, -0.2) is 46.7 Å². The van der Waals surface area contributed by atoms with Crippen molar-refractivity contribution in [3.05, 3.63) is 0 Å². The van der Waals surface area contributed by atoms with Gasteiger partial charge in [0.25, 0.3) is 0 Å². The summed E-state index contributed by atoms with van der Waals surface area (Å²) in [5.41, 5.74) is 0. The third-order valence-electron chi connectivity index (χ3n) is 3.03. The van der Waals surface area contributed by atoms with Gasteiger partial charge < -0.3 is 15.1 Å². The predicted molar refractivity (Wildman–Crippen MR) is 53.1 cm³/mol. The summed E-state index contributed by atoms with van der Waals surface area (Å²) in [7, 11) is 0. The Morgan fingerprint density at radius 2 is 2.00 bits per heavy atom. The van der Waals surface area contributed by atoms with E-state index in [1.165, 1.54) is 4.90 Å². The molecule has 0 aliphatic carbocycles. The molecule has 5 heteroatoms. The largest absolute Gasteiger partial charge is 0.481 e. The molecule has 1 fully saturated rings. The number of nitrogens with zero attached hydrogens (tertiary/aromatic N) is 1. The third-order valence-corrected chi connectivity index (χ3v) is 3.03. The van der Waals surface area contributed by atoms with E-state index in [2.05, 4.69) is 0 Å². The second kappa shape index (κ2) is 4.61. The highest BCUT2D eigenvalue weighted by atomic mass is 16.4. The predicted octanol–water partition coefficient (Wildman–Crippen LogP) is -0.206. The number of likely N-dealkylation sites (tertiary alicyclic amines) is 1. The van der Waals surface area contributed by atoms with Crippen molar-refractivity contribution in [1.82, 2.24) is 4.90 Å². The van der Waals surface area contributed by atoms with Crippen molar-refractivity contribution >= 4 is 11.9 Å². The first-order valence-electron chi connectivity index (χ1n) is 5.08. The number of hydrogen-bond donors (Lipinski definition) is 2. The van der Waals surface area contributed by atoms with Crippen LogP contribution in [0.2, 0.25) is 0 Å². The smallest absolute Gasteiger partial charge is 0.308 e. The van der Waals surface area contributed by atoms with Crippen LogP contribution < -0.4 is 0 Å². The number of amides is 1. The quantitative estimate of drug-likeness (QED) is 0.683. The topological polar surface area (TPSA) is 77.8 Å². The first-order valence-corrected chi connectivity index (χ1v) is 5.08. The summed E-state index contributed by atoms with van der Waals surface area (Å²) in [6.45, 7) is 4.02. The van der Waals surface area contributed by atoms with E-state index < -0.39 is 18.5 Å². The van der Waals surface area contributed by atoms with Gasteiger partial charge in [-0.3, -0.25) is 9.59 Å². The minimum atomic E-state index is -0.859. The maximum atomic E-state index is 11.2. The average Bonchev–Trinajstić information content (AvgIpc) is 2.61. The number of carboxylic acid groups (broad SMARTS) is 1. The minimum absolute atomic E-state index is 0.0157. The van der Waals surface area contributed by atoms with Gasteiger partial charge in [0.05, 0.1) is 5.92 Å². The van der Waals surface area contributed by atoms with Crippen LogP contribution in [0.5, 0.6) is 0 Å². The van der Waals surface area contributed by atoms with E-state index in [9.17, 15) is 9.59 Å². The molecule has 2 atom stereocenters. The zero-order valence-electron chi connectivity index (χ0n) is 9.01. The number of aliphatic carboxylic acids is 1. The highest BCUT2D eigenvalue weighted by molar-refractivity contribution is 5.79. The SMILES string of the molecule is CC(C)[C@@H]1CN(C(=O)CO)C[C@H]1C(=O)O. The van der Waals surface area contributed by atoms with E-state index >= 15 is 0 Å². The molecule has 0 spiro atoms. The summed E-state index contributed by atoms with van der Waals surface area (Å²) < 4.78 is 0. The molecule has 1 aliphatic heterocycles. The fraction of sp³-hybridized carbons (Fsp3) is 0.800. The monoisotopic (exact) mass is 215 g/mol. The first kappa shape index (κ1) is 12.0. The molecular formula is C10H17NO4. The van der Waals surface area contributed by atoms with Gasteiger partial charge in [-0.2, -0.15) is 0 Å². The van der Waals surface area contributed by atoms with Gasteiger partial charge in [0, 0.05) is 13.1 Å². The summed E-state index contributed by atoms with van der Waals surface area (Å²) in [5, 5.41) is 17.7. The van der Waals surface area contributed by atoms with Crippen LogP contribution in [0.15, 0.2) is 0 Å². The van der Waals surface area contributed by atoms with Crippen molar-refractivity contribution in [2.24, 2.45) is 17.8 Å². The van der Waals surface area contributed by atoms with Gasteiger partial charge in [-0.05, 0) is 11.8 Å². The Morgan fingerprint density at radius 3 is 2.33 bits per heavy atom. The van der Waals surface area contributed by atoms with Gasteiger partial charge in [0.15, 0.2) is 0 Å². The van der Waals surface area contributed by atoms with Crippen molar-refractivity contribution < 1.29 is 19.8 Å². The number of hydrogen-bond acceptors (Lipinski definition) is 3. The van der Waals surface area contributed by atoms with Crippen LogP contribution in [0.4, 0.5) is 0 Å². The number of carbonyl (C=O) groups is 2. The highest BCUT2D eigenvalue weighted by Crippen LogP contribution is 2.29. The molecule has 1 aliphatic rings. The van der Waals surface area contributed by atoms with Gasteiger partial charge in [-0.15, -0.1) is 0 Å². The van der Waals surface area contributed by atoms with E-state index in [-0.39, 0.29) is 24.3 Å². The zero-order chi connectivity index (χ0) is 11.6. The summed E-state index contributed by atoms with van der Waals surface area (Å²) in [6.07, 6.45) is 0. The molecule has 0 aromatic heterocycles. The van der Waals surface area contributed by atoms with Crippen LogP contribution in [0.3, 0.4) is 0 Å². The number of rotatable bonds is 3. The Morgan fingerprint density at radius 1 is 1.40 bits per heavy atom. The molecular weight excluding hydrogens is 198 g/mol. The lowest BCUT2D eigenvalue weighted by atomic mass is 9.86. The highest BCUT2D eigenvalue weighted by Gasteiger charge is 2.40. The fourth-order valence-corrected chi connectivity index (χ4v) is 2.07. The molecule has 0 bridgehead atoms. The van der Waals surface area contributed by atoms with Gasteiger partial charge in [0.2, 0.25) is 5.91 Å². The Bertz CT molecular complexity index is 264. The van der Waals surface area contributed by atoms with Crippen LogP contribution in [0.1, 0.15) is 13.8 Å². The molecule has 2 N–H and O–H groups in total. The Kier molecular flexibility index (Phi) is 3.68.